The van der Waals surface area contributed by atoms with Crippen LogP contribution in [0.4, 0.5) is 5.69 Å². The SMILES string of the molecule is CC1CCCC(n2cc(Cl)c(-c3cc(Cl)ccc3-n3cc(Cl)nn3)cc2=O)c2cc(ccn2)-c2c(cnn2C2CCC2)NC1=O. The van der Waals surface area contributed by atoms with Crippen LogP contribution in [-0.4, -0.2) is 40.2 Å². The molecule has 1 amide bonds. The van der Waals surface area contributed by atoms with Crippen LogP contribution >= 0.6 is 34.8 Å². The largest absolute Gasteiger partial charge is 0.323 e. The lowest BCUT2D eigenvalue weighted by molar-refractivity contribution is -0.119. The van der Waals surface area contributed by atoms with E-state index in [4.69, 9.17) is 39.8 Å². The zero-order valence-electron chi connectivity index (χ0n) is 24.3. The van der Waals surface area contributed by atoms with Crippen molar-refractivity contribution in [2.45, 2.75) is 57.5 Å². The van der Waals surface area contributed by atoms with Gasteiger partial charge in [-0.05, 0) is 62.4 Å². The van der Waals surface area contributed by atoms with Crippen LogP contribution in [-0.2, 0) is 4.79 Å². The first-order chi connectivity index (χ1) is 21.8. The monoisotopic (exact) mass is 662 g/mol. The van der Waals surface area contributed by atoms with Gasteiger partial charge >= 0.3 is 0 Å². The number of carbonyl (C=O) groups excluding carboxylic acids is 1. The molecular weight excluding hydrogens is 635 g/mol. The fraction of sp³-hybridized carbons (Fsp3) is 0.312. The van der Waals surface area contributed by atoms with E-state index in [0.29, 0.717) is 51.8 Å². The van der Waals surface area contributed by atoms with Gasteiger partial charge in [-0.25, -0.2) is 4.68 Å². The number of aromatic nitrogens is 7. The molecule has 0 saturated heterocycles. The van der Waals surface area contributed by atoms with Crippen LogP contribution in [0.1, 0.15) is 63.2 Å². The van der Waals surface area contributed by atoms with Crippen molar-refractivity contribution in [1.29, 1.82) is 0 Å². The Morgan fingerprint density at radius 3 is 2.51 bits per heavy atom. The van der Waals surface area contributed by atoms with Gasteiger partial charge in [-0.15, -0.1) is 5.10 Å². The third-order valence-corrected chi connectivity index (χ3v) is 9.47. The third-order valence-electron chi connectivity index (χ3n) is 8.76. The van der Waals surface area contributed by atoms with Gasteiger partial charge in [0.05, 0.1) is 52.3 Å². The van der Waals surface area contributed by atoms with E-state index >= 15 is 0 Å². The Morgan fingerprint density at radius 1 is 0.933 bits per heavy atom. The highest BCUT2D eigenvalue weighted by Gasteiger charge is 2.28. The van der Waals surface area contributed by atoms with Crippen LogP contribution in [0.25, 0.3) is 28.1 Å². The van der Waals surface area contributed by atoms with E-state index in [2.05, 4.69) is 20.7 Å². The molecule has 13 heteroatoms. The molecule has 2 atom stereocenters. The molecular formula is C32H29Cl3N8O2. The topological polar surface area (TPSA) is 113 Å². The van der Waals surface area contributed by atoms with Gasteiger partial charge in [0.2, 0.25) is 5.91 Å². The van der Waals surface area contributed by atoms with Crippen molar-refractivity contribution < 1.29 is 4.79 Å². The summed E-state index contributed by atoms with van der Waals surface area (Å²) >= 11 is 19.4. The van der Waals surface area contributed by atoms with E-state index in [1.807, 2.05) is 23.7 Å². The van der Waals surface area contributed by atoms with E-state index < -0.39 is 6.04 Å². The molecule has 1 aromatic carbocycles. The standard InChI is InChI=1S/C32H29Cl3N8O2/c1-18-4-2-7-28(25-12-19(10-11-36-25)31-26(38-32(18)45)15-37-43(31)21-5-3-6-21)41-16-24(34)22(14-30(41)44)23-13-20(33)8-9-27(23)42-17-29(35)39-40-42/h8-18,21,28H,2-7H2,1H3,(H,38,45). The number of hydrogen-bond donors (Lipinski definition) is 1. The summed E-state index contributed by atoms with van der Waals surface area (Å²) in [6.45, 7) is 1.92. The first kappa shape index (κ1) is 29.7. The van der Waals surface area contributed by atoms with Crippen molar-refractivity contribution in [3.63, 3.8) is 0 Å². The van der Waals surface area contributed by atoms with Crippen molar-refractivity contribution >= 4 is 46.4 Å². The molecule has 1 N–H and O–H groups in total. The van der Waals surface area contributed by atoms with Crippen LogP contribution in [0.2, 0.25) is 15.2 Å². The second-order valence-corrected chi connectivity index (χ2v) is 12.9. The highest BCUT2D eigenvalue weighted by molar-refractivity contribution is 6.34. The summed E-state index contributed by atoms with van der Waals surface area (Å²) in [7, 11) is 0. The minimum absolute atomic E-state index is 0.0497. The van der Waals surface area contributed by atoms with Gasteiger partial charge in [-0.2, -0.15) is 5.10 Å². The van der Waals surface area contributed by atoms with Gasteiger partial charge in [-0.1, -0.05) is 53.4 Å². The number of nitrogens with one attached hydrogen (secondary N) is 1. The Bertz CT molecular complexity index is 1980. The van der Waals surface area contributed by atoms with Gasteiger partial charge in [0, 0.05) is 46.1 Å². The highest BCUT2D eigenvalue weighted by atomic mass is 35.5. The summed E-state index contributed by atoms with van der Waals surface area (Å²) in [6, 6.07) is 10.5. The summed E-state index contributed by atoms with van der Waals surface area (Å²) in [5, 5.41) is 16.8. The van der Waals surface area contributed by atoms with Crippen LogP contribution in [0.3, 0.4) is 0 Å². The fourth-order valence-corrected chi connectivity index (χ4v) is 6.68. The average Bonchev–Trinajstić information content (AvgIpc) is 3.61. The zero-order valence-corrected chi connectivity index (χ0v) is 26.6. The molecule has 1 aliphatic heterocycles. The normalized spacial score (nSPS) is 18.8. The Balaban J connectivity index is 1.34. The lowest BCUT2D eigenvalue weighted by Gasteiger charge is -2.28. The minimum atomic E-state index is -0.421. The van der Waals surface area contributed by atoms with Crippen molar-refractivity contribution in [2.75, 3.05) is 5.32 Å². The lowest BCUT2D eigenvalue weighted by Crippen LogP contribution is -2.27. The maximum atomic E-state index is 13.9. The van der Waals surface area contributed by atoms with Crippen molar-refractivity contribution in [2.24, 2.45) is 5.92 Å². The van der Waals surface area contributed by atoms with E-state index in [0.717, 1.165) is 36.2 Å². The van der Waals surface area contributed by atoms with Crippen LogP contribution < -0.4 is 10.9 Å². The Hall–Kier alpha value is -3.99. The summed E-state index contributed by atoms with van der Waals surface area (Å²) in [5.74, 6) is -0.281. The van der Waals surface area contributed by atoms with Gasteiger partial charge < -0.3 is 9.88 Å². The molecule has 1 saturated carbocycles. The molecule has 5 heterocycles. The van der Waals surface area contributed by atoms with Gasteiger partial charge in [0.15, 0.2) is 5.15 Å². The number of benzene rings is 1. The van der Waals surface area contributed by atoms with Gasteiger partial charge in [0.1, 0.15) is 0 Å². The maximum Gasteiger partial charge on any atom is 0.251 e. The summed E-state index contributed by atoms with van der Waals surface area (Å²) in [5.41, 5.74) is 4.60. The molecule has 2 unspecified atom stereocenters. The number of pyridine rings is 2. The molecule has 2 bridgehead atoms. The van der Waals surface area contributed by atoms with Crippen LogP contribution in [0.15, 0.2) is 66.0 Å². The fourth-order valence-electron chi connectivity index (χ4n) is 6.12. The average molecular weight is 664 g/mol. The molecule has 2 aliphatic rings. The predicted molar refractivity (Wildman–Crippen MR) is 174 cm³/mol. The minimum Gasteiger partial charge on any atom is -0.323 e. The number of rotatable bonds is 4. The first-order valence-corrected chi connectivity index (χ1v) is 16.0. The number of hydrogen-bond acceptors (Lipinski definition) is 6. The van der Waals surface area contributed by atoms with Gasteiger partial charge in [0.25, 0.3) is 5.56 Å². The molecule has 10 nitrogen and oxygen atoms in total. The number of fused-ring (bicyclic) bond motifs is 4. The predicted octanol–water partition coefficient (Wildman–Crippen LogP) is 7.39. The molecule has 4 aromatic heterocycles. The van der Waals surface area contributed by atoms with Gasteiger partial charge in [-0.3, -0.25) is 19.3 Å². The second-order valence-electron chi connectivity index (χ2n) is 11.7. The first-order valence-electron chi connectivity index (χ1n) is 14.9. The summed E-state index contributed by atoms with van der Waals surface area (Å²) < 4.78 is 5.17. The Morgan fingerprint density at radius 2 is 1.76 bits per heavy atom. The molecule has 230 valence electrons. The molecule has 45 heavy (non-hydrogen) atoms. The maximum absolute atomic E-state index is 13.9. The molecule has 5 aromatic rings. The zero-order chi connectivity index (χ0) is 31.2. The summed E-state index contributed by atoms with van der Waals surface area (Å²) in [4.78, 5) is 31.9. The molecule has 0 spiro atoms. The van der Waals surface area contributed by atoms with Crippen molar-refractivity contribution in [3.05, 3.63) is 92.4 Å². The second kappa shape index (κ2) is 12.1. The highest BCUT2D eigenvalue weighted by Crippen LogP contribution is 2.40. The number of anilines is 1. The Labute approximate surface area is 273 Å². The van der Waals surface area contributed by atoms with Crippen LogP contribution in [0, 0.1) is 5.92 Å². The number of amides is 1. The molecule has 1 aliphatic carbocycles. The number of carbonyl (C=O) groups is 1. The lowest BCUT2D eigenvalue weighted by atomic mass is 9.92. The molecule has 0 radical (unpaired) electrons. The van der Waals surface area contributed by atoms with Crippen molar-refractivity contribution in [3.8, 4) is 28.1 Å². The smallest absolute Gasteiger partial charge is 0.251 e. The number of halogens is 3. The number of nitrogens with zero attached hydrogens (tertiary/aromatic N) is 7. The Kier molecular flexibility index (Phi) is 7.97. The van der Waals surface area contributed by atoms with E-state index in [-0.39, 0.29) is 28.6 Å². The summed E-state index contributed by atoms with van der Waals surface area (Å²) in [6.07, 6.45) is 11.8. The van der Waals surface area contributed by atoms with E-state index in [9.17, 15) is 9.59 Å². The molecule has 1 fully saturated rings. The van der Waals surface area contributed by atoms with E-state index in [1.165, 1.54) is 10.7 Å². The van der Waals surface area contributed by atoms with Crippen molar-refractivity contribution in [1.82, 2.24) is 34.3 Å². The van der Waals surface area contributed by atoms with Crippen LogP contribution in [0.5, 0.6) is 0 Å². The van der Waals surface area contributed by atoms with E-state index in [1.54, 1.807) is 47.6 Å². The third kappa shape index (κ3) is 5.67. The quantitative estimate of drug-likeness (QED) is 0.215. The molecule has 7 rings (SSSR count).